The average molecular weight is 616 g/mol. The second-order valence-corrected chi connectivity index (χ2v) is 17.1. The van der Waals surface area contributed by atoms with Crippen molar-refractivity contribution in [3.63, 3.8) is 0 Å². The summed E-state index contributed by atoms with van der Waals surface area (Å²) in [5.41, 5.74) is 0.175. The van der Waals surface area contributed by atoms with Crippen molar-refractivity contribution in [2.24, 2.45) is 56.7 Å². The number of carboxylic acids is 1. The molecule has 5 rings (SSSR count). The van der Waals surface area contributed by atoms with Crippen molar-refractivity contribution in [1.82, 2.24) is 5.32 Å². The normalized spacial score (nSPS) is 45.5. The summed E-state index contributed by atoms with van der Waals surface area (Å²) in [6.07, 6.45) is 7.42. The molecule has 1 saturated heterocycles. The maximum atomic E-state index is 13.3. The average Bonchev–Trinajstić information content (AvgIpc) is 2.91. The molecule has 7 heteroatoms. The first-order valence-electron chi connectivity index (χ1n) is 17.5. The lowest BCUT2D eigenvalue weighted by Crippen LogP contribution is -2.70. The SMILES string of the molecule is CC(=O)O[C@@H]1C[C@@]23COC[C@](C)([C@@H]2CC[C@H]2C3=CC[C@@]3(C)[C@H](C(=O)O)[C@@](C)([C@H](C)C(C)C)CC[C@]23C)[C@H]1OCCNC(C)C. The molecular weight excluding hydrogens is 554 g/mol. The standard InChI is InChI=1S/C37H61NO6/c1-22(2)24(5)33(7)15-16-35(9)26-11-12-29-34(8)20-42-21-37(29,27(26)13-14-36(35,10)30(33)32(40)41)19-28(44-25(6)39)31(34)43-18-17-38-23(3)4/h13,22-24,26,28-31,38H,11-12,14-21H2,1-10H3,(H,40,41)/t24-,26+,28-,29+,30-,31+,33-,34-,35-,36+,37+/m1/s1. The van der Waals surface area contributed by atoms with Gasteiger partial charge in [0.05, 0.1) is 25.7 Å². The third kappa shape index (κ3) is 4.92. The van der Waals surface area contributed by atoms with Gasteiger partial charge in [-0.2, -0.15) is 0 Å². The van der Waals surface area contributed by atoms with Gasteiger partial charge in [-0.3, -0.25) is 9.59 Å². The van der Waals surface area contributed by atoms with E-state index in [0.717, 1.165) is 38.6 Å². The van der Waals surface area contributed by atoms with Crippen LogP contribution < -0.4 is 5.32 Å². The molecule has 0 unspecified atom stereocenters. The maximum Gasteiger partial charge on any atom is 0.307 e. The predicted octanol–water partition coefficient (Wildman–Crippen LogP) is 6.89. The molecule has 0 aromatic heterocycles. The molecule has 3 saturated carbocycles. The fourth-order valence-electron chi connectivity index (χ4n) is 11.7. The van der Waals surface area contributed by atoms with Crippen LogP contribution in [-0.4, -0.2) is 61.7 Å². The first kappa shape index (κ1) is 33.9. The Hall–Kier alpha value is -1.44. The van der Waals surface area contributed by atoms with E-state index in [2.05, 4.69) is 73.7 Å². The molecule has 0 aromatic carbocycles. The number of rotatable bonds is 9. The first-order chi connectivity index (χ1) is 20.5. The number of carboxylic acid groups (broad SMARTS) is 1. The Bertz CT molecular complexity index is 1150. The number of carbonyl (C=O) groups is 2. The van der Waals surface area contributed by atoms with Gasteiger partial charge in [0.25, 0.3) is 0 Å². The number of nitrogens with one attached hydrogen (secondary N) is 1. The minimum Gasteiger partial charge on any atom is -0.481 e. The molecule has 1 heterocycles. The Morgan fingerprint density at radius 3 is 2.36 bits per heavy atom. The highest BCUT2D eigenvalue weighted by molar-refractivity contribution is 5.73. The van der Waals surface area contributed by atoms with Crippen molar-refractivity contribution in [2.75, 3.05) is 26.4 Å². The highest BCUT2D eigenvalue weighted by Crippen LogP contribution is 2.75. The largest absolute Gasteiger partial charge is 0.481 e. The molecule has 4 aliphatic carbocycles. The molecule has 250 valence electrons. The van der Waals surface area contributed by atoms with E-state index in [1.807, 2.05) is 0 Å². The summed E-state index contributed by atoms with van der Waals surface area (Å²) in [4.78, 5) is 25.8. The Labute approximate surface area is 266 Å². The molecule has 0 spiro atoms. The molecule has 11 atom stereocenters. The van der Waals surface area contributed by atoms with Crippen LogP contribution in [0.2, 0.25) is 0 Å². The van der Waals surface area contributed by atoms with Gasteiger partial charge in [-0.25, -0.2) is 0 Å². The minimum absolute atomic E-state index is 0.142. The Balaban J connectivity index is 1.55. The summed E-state index contributed by atoms with van der Waals surface area (Å²) in [5, 5.41) is 14.4. The van der Waals surface area contributed by atoms with Gasteiger partial charge in [0.2, 0.25) is 0 Å². The quantitative estimate of drug-likeness (QED) is 0.166. The molecule has 0 aromatic rings. The number of hydrogen-bond acceptors (Lipinski definition) is 6. The smallest absolute Gasteiger partial charge is 0.307 e. The van der Waals surface area contributed by atoms with Gasteiger partial charge in [-0.1, -0.05) is 74.0 Å². The molecule has 44 heavy (non-hydrogen) atoms. The van der Waals surface area contributed by atoms with Crippen LogP contribution in [0.15, 0.2) is 11.6 Å². The van der Waals surface area contributed by atoms with E-state index < -0.39 is 11.9 Å². The van der Waals surface area contributed by atoms with Gasteiger partial charge in [-0.15, -0.1) is 0 Å². The van der Waals surface area contributed by atoms with Crippen molar-refractivity contribution in [3.8, 4) is 0 Å². The fourth-order valence-corrected chi connectivity index (χ4v) is 11.7. The third-order valence-electron chi connectivity index (χ3n) is 14.3. The lowest BCUT2D eigenvalue weighted by Gasteiger charge is -2.71. The van der Waals surface area contributed by atoms with Crippen LogP contribution in [0.25, 0.3) is 0 Å². The van der Waals surface area contributed by atoms with Gasteiger partial charge in [-0.05, 0) is 78.4 Å². The fraction of sp³-hybridized carbons (Fsp3) is 0.892. The summed E-state index contributed by atoms with van der Waals surface area (Å²) in [6.45, 7) is 24.3. The van der Waals surface area contributed by atoms with E-state index in [0.29, 0.717) is 50.0 Å². The minimum atomic E-state index is -0.634. The molecule has 1 aliphatic heterocycles. The molecule has 2 N–H and O–H groups in total. The molecule has 0 radical (unpaired) electrons. The molecule has 2 bridgehead atoms. The molecule has 0 amide bonds. The lowest BCUT2D eigenvalue weighted by molar-refractivity contribution is -0.266. The number of hydrogen-bond donors (Lipinski definition) is 2. The highest BCUT2D eigenvalue weighted by Gasteiger charge is 2.72. The van der Waals surface area contributed by atoms with Gasteiger partial charge in [0.1, 0.15) is 12.2 Å². The summed E-state index contributed by atoms with van der Waals surface area (Å²) in [7, 11) is 0. The van der Waals surface area contributed by atoms with Crippen LogP contribution in [0.3, 0.4) is 0 Å². The van der Waals surface area contributed by atoms with E-state index in [1.54, 1.807) is 0 Å². The van der Waals surface area contributed by atoms with E-state index in [-0.39, 0.29) is 51.2 Å². The Morgan fingerprint density at radius 1 is 1.05 bits per heavy atom. The molecule has 4 fully saturated rings. The van der Waals surface area contributed by atoms with E-state index >= 15 is 0 Å². The number of ether oxygens (including phenoxy) is 3. The monoisotopic (exact) mass is 615 g/mol. The number of carbonyl (C=O) groups excluding carboxylic acids is 1. The zero-order chi connectivity index (χ0) is 32.5. The van der Waals surface area contributed by atoms with Crippen molar-refractivity contribution in [3.05, 3.63) is 11.6 Å². The molecule has 5 aliphatic rings. The first-order valence-corrected chi connectivity index (χ1v) is 17.5. The molecule has 7 nitrogen and oxygen atoms in total. The van der Waals surface area contributed by atoms with Crippen molar-refractivity contribution >= 4 is 11.9 Å². The van der Waals surface area contributed by atoms with Crippen molar-refractivity contribution in [1.29, 1.82) is 0 Å². The number of aliphatic carboxylic acids is 1. The third-order valence-corrected chi connectivity index (χ3v) is 14.3. The van der Waals surface area contributed by atoms with Crippen LogP contribution in [0.1, 0.15) is 108 Å². The van der Waals surface area contributed by atoms with E-state index in [4.69, 9.17) is 14.2 Å². The van der Waals surface area contributed by atoms with E-state index in [1.165, 1.54) is 12.5 Å². The van der Waals surface area contributed by atoms with Crippen LogP contribution in [0.4, 0.5) is 0 Å². The van der Waals surface area contributed by atoms with Crippen LogP contribution in [-0.2, 0) is 23.8 Å². The Morgan fingerprint density at radius 2 is 1.75 bits per heavy atom. The molecular formula is C37H61NO6. The van der Waals surface area contributed by atoms with Gasteiger partial charge in [0.15, 0.2) is 0 Å². The predicted molar refractivity (Wildman–Crippen MR) is 172 cm³/mol. The van der Waals surface area contributed by atoms with Crippen LogP contribution in [0, 0.1) is 56.7 Å². The van der Waals surface area contributed by atoms with Crippen LogP contribution in [0.5, 0.6) is 0 Å². The van der Waals surface area contributed by atoms with E-state index in [9.17, 15) is 14.7 Å². The Kier molecular flexibility index (Phi) is 8.99. The topological polar surface area (TPSA) is 94.1 Å². The maximum absolute atomic E-state index is 13.3. The zero-order valence-corrected chi connectivity index (χ0v) is 29.3. The number of allylic oxidation sites excluding steroid dienone is 1. The van der Waals surface area contributed by atoms with Gasteiger partial charge < -0.3 is 24.6 Å². The summed E-state index contributed by atoms with van der Waals surface area (Å²) in [6, 6.07) is 0.378. The summed E-state index contributed by atoms with van der Waals surface area (Å²) < 4.78 is 19.3. The number of esters is 1. The van der Waals surface area contributed by atoms with Crippen molar-refractivity contribution < 1.29 is 28.9 Å². The highest BCUT2D eigenvalue weighted by atomic mass is 16.6. The zero-order valence-electron chi connectivity index (χ0n) is 29.3. The van der Waals surface area contributed by atoms with Gasteiger partial charge >= 0.3 is 11.9 Å². The van der Waals surface area contributed by atoms with Crippen molar-refractivity contribution in [2.45, 2.75) is 126 Å². The summed E-state index contributed by atoms with van der Waals surface area (Å²) >= 11 is 0. The van der Waals surface area contributed by atoms with Crippen LogP contribution >= 0.6 is 0 Å². The lowest BCUT2D eigenvalue weighted by atomic mass is 9.34. The second-order valence-electron chi connectivity index (χ2n) is 17.1. The summed E-state index contributed by atoms with van der Waals surface area (Å²) in [5.74, 6) is 0.0741. The second kappa shape index (κ2) is 11.7. The van der Waals surface area contributed by atoms with Gasteiger partial charge in [0, 0.05) is 30.3 Å². The number of fused-ring (bicyclic) bond motifs is 3.